The van der Waals surface area contributed by atoms with Crippen LogP contribution in [0.2, 0.25) is 0 Å². The minimum atomic E-state index is -0.109. The number of rotatable bonds is 23. The van der Waals surface area contributed by atoms with Crippen molar-refractivity contribution in [3.8, 4) is 11.5 Å². The number of carbonyl (C=O) groups is 1. The van der Waals surface area contributed by atoms with Crippen molar-refractivity contribution >= 4 is 5.91 Å². The molecule has 1 heterocycles. The van der Waals surface area contributed by atoms with Crippen LogP contribution in [0.5, 0.6) is 11.5 Å². The SMILES string of the molecule is CCCCCCCCCCCCCCCCOc1ccc(OCC(=O)NCCc2cccc[n+]2CC)cc1.[I-]. The summed E-state index contributed by atoms with van der Waals surface area (Å²) >= 11 is 0. The van der Waals surface area contributed by atoms with E-state index in [9.17, 15) is 4.79 Å². The zero-order valence-corrected chi connectivity index (χ0v) is 26.8. The number of unbranched alkanes of at least 4 members (excludes halogenated alkanes) is 13. The molecular formula is C33H53IN2O3. The van der Waals surface area contributed by atoms with Gasteiger partial charge in [0.25, 0.3) is 5.91 Å². The lowest BCUT2D eigenvalue weighted by Crippen LogP contribution is -3.00. The number of ether oxygens (including phenoxy) is 2. The predicted octanol–water partition coefficient (Wildman–Crippen LogP) is 4.60. The standard InChI is InChI=1S/C33H52N2O3.HI/c1-3-5-6-7-8-9-10-11-12-13-14-15-16-19-28-37-31-21-23-32(24-22-31)38-29-33(36)34-26-25-30-20-17-18-27-35(30)4-2;/h17-18,20-24,27H,3-16,19,25-26,28-29H2,1-2H3;1H. The number of amides is 1. The zero-order valence-electron chi connectivity index (χ0n) is 24.6. The van der Waals surface area contributed by atoms with E-state index in [2.05, 4.69) is 36.0 Å². The highest BCUT2D eigenvalue weighted by atomic mass is 127. The van der Waals surface area contributed by atoms with Crippen molar-refractivity contribution < 1.29 is 42.8 Å². The fraction of sp³-hybridized carbons (Fsp3) is 0.636. The Labute approximate surface area is 255 Å². The highest BCUT2D eigenvalue weighted by Crippen LogP contribution is 2.18. The van der Waals surface area contributed by atoms with Crippen LogP contribution in [0.4, 0.5) is 0 Å². The molecule has 2 aromatic rings. The van der Waals surface area contributed by atoms with E-state index in [1.165, 1.54) is 89.2 Å². The number of hydrogen-bond donors (Lipinski definition) is 1. The zero-order chi connectivity index (χ0) is 27.1. The average molecular weight is 653 g/mol. The minimum Gasteiger partial charge on any atom is -1.00 e. The van der Waals surface area contributed by atoms with Crippen LogP contribution in [0, 0.1) is 0 Å². The van der Waals surface area contributed by atoms with Gasteiger partial charge in [-0.2, -0.15) is 0 Å². The van der Waals surface area contributed by atoms with E-state index in [4.69, 9.17) is 9.47 Å². The summed E-state index contributed by atoms with van der Waals surface area (Å²) in [6.45, 7) is 6.68. The lowest BCUT2D eigenvalue weighted by atomic mass is 10.0. The Bertz CT molecular complexity index is 860. The highest BCUT2D eigenvalue weighted by Gasteiger charge is 2.08. The van der Waals surface area contributed by atoms with E-state index < -0.39 is 0 Å². The lowest BCUT2D eigenvalue weighted by molar-refractivity contribution is -0.700. The van der Waals surface area contributed by atoms with Crippen molar-refractivity contribution in [2.24, 2.45) is 0 Å². The molecule has 1 aromatic heterocycles. The van der Waals surface area contributed by atoms with E-state index in [-0.39, 0.29) is 36.5 Å². The summed E-state index contributed by atoms with van der Waals surface area (Å²) in [4.78, 5) is 12.1. The molecule has 0 unspecified atom stereocenters. The Morgan fingerprint density at radius 2 is 1.26 bits per heavy atom. The molecule has 39 heavy (non-hydrogen) atoms. The first-order valence-electron chi connectivity index (χ1n) is 15.3. The van der Waals surface area contributed by atoms with Gasteiger partial charge in [-0.05, 0) is 37.6 Å². The van der Waals surface area contributed by atoms with E-state index in [1.807, 2.05) is 36.4 Å². The summed E-state index contributed by atoms with van der Waals surface area (Å²) in [5.41, 5.74) is 1.21. The second kappa shape index (κ2) is 24.0. The fourth-order valence-electron chi connectivity index (χ4n) is 4.70. The van der Waals surface area contributed by atoms with Gasteiger partial charge in [0.1, 0.15) is 18.0 Å². The van der Waals surface area contributed by atoms with Crippen LogP contribution < -0.4 is 43.3 Å². The van der Waals surface area contributed by atoms with Crippen LogP contribution in [-0.4, -0.2) is 25.7 Å². The average Bonchev–Trinajstić information content (AvgIpc) is 2.95. The topological polar surface area (TPSA) is 51.4 Å². The number of carbonyl (C=O) groups excluding carboxylic acids is 1. The van der Waals surface area contributed by atoms with Gasteiger partial charge in [0.05, 0.1) is 6.61 Å². The first kappa shape index (κ1) is 35.2. The van der Waals surface area contributed by atoms with E-state index >= 15 is 0 Å². The van der Waals surface area contributed by atoms with Crippen LogP contribution >= 0.6 is 0 Å². The molecule has 2 rings (SSSR count). The lowest BCUT2D eigenvalue weighted by Gasteiger charge is -2.09. The van der Waals surface area contributed by atoms with Gasteiger partial charge < -0.3 is 38.8 Å². The molecule has 220 valence electrons. The monoisotopic (exact) mass is 652 g/mol. The quantitative estimate of drug-likeness (QED) is 0.109. The summed E-state index contributed by atoms with van der Waals surface area (Å²) < 4.78 is 13.7. The maximum Gasteiger partial charge on any atom is 0.257 e. The third-order valence-electron chi connectivity index (χ3n) is 7.04. The Morgan fingerprint density at radius 3 is 1.82 bits per heavy atom. The third kappa shape index (κ3) is 17.5. The van der Waals surface area contributed by atoms with Crippen molar-refractivity contribution in [3.05, 3.63) is 54.4 Å². The van der Waals surface area contributed by atoms with Gasteiger partial charge in [-0.1, -0.05) is 96.5 Å². The number of benzene rings is 1. The molecule has 1 N–H and O–H groups in total. The van der Waals surface area contributed by atoms with E-state index in [0.717, 1.165) is 31.7 Å². The van der Waals surface area contributed by atoms with E-state index in [1.54, 1.807) is 0 Å². The summed E-state index contributed by atoms with van der Waals surface area (Å²) in [5.74, 6) is 1.42. The molecule has 0 bridgehead atoms. The number of pyridine rings is 1. The molecule has 0 radical (unpaired) electrons. The van der Waals surface area contributed by atoms with Crippen molar-refractivity contribution in [1.82, 2.24) is 5.32 Å². The van der Waals surface area contributed by atoms with Crippen molar-refractivity contribution in [3.63, 3.8) is 0 Å². The van der Waals surface area contributed by atoms with Gasteiger partial charge in [-0.25, -0.2) is 4.57 Å². The van der Waals surface area contributed by atoms with Crippen molar-refractivity contribution in [1.29, 1.82) is 0 Å². The second-order valence-electron chi connectivity index (χ2n) is 10.3. The molecule has 0 atom stereocenters. The molecular weight excluding hydrogens is 599 g/mol. The van der Waals surface area contributed by atoms with Crippen molar-refractivity contribution in [2.45, 2.75) is 117 Å². The Morgan fingerprint density at radius 1 is 0.718 bits per heavy atom. The molecule has 0 aliphatic rings. The fourth-order valence-corrected chi connectivity index (χ4v) is 4.70. The van der Waals surface area contributed by atoms with Gasteiger partial charge in [0, 0.05) is 25.1 Å². The smallest absolute Gasteiger partial charge is 0.257 e. The molecule has 0 aliphatic carbocycles. The van der Waals surface area contributed by atoms with Gasteiger partial charge in [-0.15, -0.1) is 0 Å². The summed E-state index contributed by atoms with van der Waals surface area (Å²) in [5, 5.41) is 2.93. The first-order valence-corrected chi connectivity index (χ1v) is 15.3. The van der Waals surface area contributed by atoms with E-state index in [0.29, 0.717) is 12.3 Å². The van der Waals surface area contributed by atoms with Gasteiger partial charge in [0.2, 0.25) is 0 Å². The number of hydrogen-bond acceptors (Lipinski definition) is 3. The van der Waals surface area contributed by atoms with Crippen LogP contribution in [0.25, 0.3) is 0 Å². The molecule has 1 aromatic carbocycles. The minimum absolute atomic E-state index is 0. The van der Waals surface area contributed by atoms with Gasteiger partial charge in [0.15, 0.2) is 18.5 Å². The van der Waals surface area contributed by atoms with Crippen LogP contribution in [-0.2, 0) is 17.8 Å². The molecule has 0 saturated heterocycles. The van der Waals surface area contributed by atoms with Crippen LogP contribution in [0.15, 0.2) is 48.7 Å². The molecule has 6 heteroatoms. The Hall–Kier alpha value is -1.83. The van der Waals surface area contributed by atoms with Gasteiger partial charge in [-0.3, -0.25) is 4.79 Å². The first-order chi connectivity index (χ1) is 18.7. The maximum atomic E-state index is 12.1. The molecule has 0 saturated carbocycles. The summed E-state index contributed by atoms with van der Waals surface area (Å²) in [6, 6.07) is 13.7. The Balaban J connectivity index is 0.00000760. The summed E-state index contributed by atoms with van der Waals surface area (Å²) in [6.07, 6.45) is 21.9. The number of aryl methyl sites for hydroxylation is 1. The predicted molar refractivity (Wildman–Crippen MR) is 157 cm³/mol. The highest BCUT2D eigenvalue weighted by molar-refractivity contribution is 5.77. The van der Waals surface area contributed by atoms with Gasteiger partial charge >= 0.3 is 0 Å². The van der Waals surface area contributed by atoms with Crippen LogP contribution in [0.3, 0.4) is 0 Å². The Kier molecular flexibility index (Phi) is 21.7. The maximum absolute atomic E-state index is 12.1. The number of nitrogens with one attached hydrogen (secondary N) is 1. The normalized spacial score (nSPS) is 10.6. The molecule has 0 aliphatic heterocycles. The number of halogens is 1. The largest absolute Gasteiger partial charge is 1.00 e. The molecule has 1 amide bonds. The van der Waals surface area contributed by atoms with Crippen molar-refractivity contribution in [2.75, 3.05) is 19.8 Å². The number of aromatic nitrogens is 1. The van der Waals surface area contributed by atoms with Crippen LogP contribution in [0.1, 0.15) is 109 Å². The second-order valence-corrected chi connectivity index (χ2v) is 10.3. The molecule has 0 fully saturated rings. The number of nitrogens with zero attached hydrogens (tertiary/aromatic N) is 1. The third-order valence-corrected chi connectivity index (χ3v) is 7.04. The molecule has 0 spiro atoms. The molecule has 5 nitrogen and oxygen atoms in total. The summed E-state index contributed by atoms with van der Waals surface area (Å²) in [7, 11) is 0.